The van der Waals surface area contributed by atoms with Gasteiger partial charge in [-0.2, -0.15) is 4.98 Å². The first-order valence-corrected chi connectivity index (χ1v) is 5.46. The standard InChI is InChI=1S/C10H11N7O2/c1-15-7-6(8(18)16(2)10(15)19)12-9(13-7)17-4-3-5(11)14-17/h3-4H,1-2H3,(H2,11,14)(H,12,13). The van der Waals surface area contributed by atoms with Crippen LogP contribution in [0.1, 0.15) is 0 Å². The fourth-order valence-electron chi connectivity index (χ4n) is 1.88. The fourth-order valence-corrected chi connectivity index (χ4v) is 1.88. The Morgan fingerprint density at radius 1 is 1.26 bits per heavy atom. The molecular formula is C10H11N7O2. The smallest absolute Gasteiger partial charge is 0.332 e. The largest absolute Gasteiger partial charge is 0.382 e. The Balaban J connectivity index is 2.39. The number of nitrogens with two attached hydrogens (primary N) is 1. The second-order valence-corrected chi connectivity index (χ2v) is 4.15. The van der Waals surface area contributed by atoms with Crippen molar-refractivity contribution in [2.45, 2.75) is 0 Å². The van der Waals surface area contributed by atoms with Gasteiger partial charge in [0, 0.05) is 26.4 Å². The van der Waals surface area contributed by atoms with Gasteiger partial charge in [-0.15, -0.1) is 5.10 Å². The normalized spacial score (nSPS) is 11.3. The molecule has 0 atom stereocenters. The molecule has 0 saturated carbocycles. The van der Waals surface area contributed by atoms with Crippen molar-refractivity contribution in [3.05, 3.63) is 33.1 Å². The van der Waals surface area contributed by atoms with Crippen LogP contribution >= 0.6 is 0 Å². The molecule has 0 fully saturated rings. The number of nitrogens with one attached hydrogen (secondary N) is 1. The molecule has 0 unspecified atom stereocenters. The highest BCUT2D eigenvalue weighted by Gasteiger charge is 2.14. The first-order chi connectivity index (χ1) is 8.99. The zero-order valence-electron chi connectivity index (χ0n) is 10.3. The summed E-state index contributed by atoms with van der Waals surface area (Å²) in [6.07, 6.45) is 1.61. The van der Waals surface area contributed by atoms with Crippen LogP contribution in [0.25, 0.3) is 17.1 Å². The van der Waals surface area contributed by atoms with Crippen LogP contribution in [0.15, 0.2) is 21.9 Å². The maximum atomic E-state index is 12.0. The quantitative estimate of drug-likeness (QED) is 0.566. The molecule has 0 saturated heterocycles. The van der Waals surface area contributed by atoms with Crippen molar-refractivity contribution in [1.82, 2.24) is 28.9 Å². The molecule has 0 bridgehead atoms. The molecule has 3 aromatic rings. The number of imidazole rings is 1. The number of aryl methyl sites for hydroxylation is 1. The Morgan fingerprint density at radius 3 is 2.63 bits per heavy atom. The first-order valence-electron chi connectivity index (χ1n) is 5.46. The van der Waals surface area contributed by atoms with Crippen LogP contribution in [0, 0.1) is 0 Å². The van der Waals surface area contributed by atoms with Crippen molar-refractivity contribution in [2.75, 3.05) is 5.73 Å². The van der Waals surface area contributed by atoms with Crippen molar-refractivity contribution in [3.8, 4) is 5.95 Å². The minimum atomic E-state index is -0.435. The van der Waals surface area contributed by atoms with Crippen LogP contribution in [0.4, 0.5) is 5.82 Å². The highest BCUT2D eigenvalue weighted by molar-refractivity contribution is 5.71. The molecule has 98 valence electrons. The number of nitrogen functional groups attached to an aromatic ring is 1. The molecule has 0 aliphatic rings. The highest BCUT2D eigenvalue weighted by atomic mass is 16.2. The average Bonchev–Trinajstić information content (AvgIpc) is 3.00. The summed E-state index contributed by atoms with van der Waals surface area (Å²) in [6, 6.07) is 1.60. The Hall–Kier alpha value is -2.84. The lowest BCUT2D eigenvalue weighted by molar-refractivity contribution is 0.708. The van der Waals surface area contributed by atoms with Gasteiger partial charge in [-0.25, -0.2) is 9.48 Å². The zero-order chi connectivity index (χ0) is 13.7. The van der Waals surface area contributed by atoms with Gasteiger partial charge in [-0.1, -0.05) is 0 Å². The number of H-pyrrole nitrogens is 1. The minimum Gasteiger partial charge on any atom is -0.382 e. The molecule has 19 heavy (non-hydrogen) atoms. The molecule has 0 aliphatic carbocycles. The average molecular weight is 261 g/mol. The summed E-state index contributed by atoms with van der Waals surface area (Å²) < 4.78 is 3.71. The van der Waals surface area contributed by atoms with Gasteiger partial charge in [-0.3, -0.25) is 13.9 Å². The number of anilines is 1. The van der Waals surface area contributed by atoms with E-state index in [-0.39, 0.29) is 11.2 Å². The lowest BCUT2D eigenvalue weighted by Crippen LogP contribution is -2.36. The summed E-state index contributed by atoms with van der Waals surface area (Å²) in [5.41, 5.74) is 5.17. The van der Waals surface area contributed by atoms with E-state index in [0.29, 0.717) is 11.8 Å². The van der Waals surface area contributed by atoms with Crippen molar-refractivity contribution in [1.29, 1.82) is 0 Å². The van der Waals surface area contributed by atoms with E-state index >= 15 is 0 Å². The topological polar surface area (TPSA) is 117 Å². The molecule has 3 heterocycles. The number of aromatic nitrogens is 6. The number of fused-ring (bicyclic) bond motifs is 1. The van der Waals surface area contributed by atoms with Gasteiger partial charge in [-0.05, 0) is 0 Å². The van der Waals surface area contributed by atoms with Gasteiger partial charge >= 0.3 is 5.69 Å². The van der Waals surface area contributed by atoms with Crippen molar-refractivity contribution >= 4 is 17.0 Å². The van der Waals surface area contributed by atoms with E-state index in [0.717, 1.165) is 4.57 Å². The zero-order valence-corrected chi connectivity index (χ0v) is 10.3. The fraction of sp³-hybridized carbons (Fsp3) is 0.200. The van der Waals surface area contributed by atoms with Crippen LogP contribution in [0.5, 0.6) is 0 Å². The van der Waals surface area contributed by atoms with Crippen LogP contribution in [-0.2, 0) is 14.1 Å². The monoisotopic (exact) mass is 261 g/mol. The summed E-state index contributed by atoms with van der Waals surface area (Å²) in [5.74, 6) is 0.659. The molecule has 3 aromatic heterocycles. The number of rotatable bonds is 1. The molecule has 3 N–H and O–H groups in total. The first kappa shape index (κ1) is 11.3. The number of aromatic amines is 1. The molecule has 0 amide bonds. The van der Waals surface area contributed by atoms with Crippen LogP contribution in [0.3, 0.4) is 0 Å². The molecule has 0 aliphatic heterocycles. The summed E-state index contributed by atoms with van der Waals surface area (Å²) in [7, 11) is 2.96. The van der Waals surface area contributed by atoms with Gasteiger partial charge in [0.25, 0.3) is 5.56 Å². The molecule has 9 nitrogen and oxygen atoms in total. The lowest BCUT2D eigenvalue weighted by Gasteiger charge is -2.00. The van der Waals surface area contributed by atoms with E-state index in [2.05, 4.69) is 15.1 Å². The third kappa shape index (κ3) is 1.48. The van der Waals surface area contributed by atoms with E-state index in [4.69, 9.17) is 5.73 Å². The molecule has 0 radical (unpaired) electrons. The SMILES string of the molecule is Cn1c(=O)c2[nH]c(-n3ccc(N)n3)nc2n(C)c1=O. The Bertz CT molecular complexity index is 895. The number of hydrogen-bond donors (Lipinski definition) is 2. The molecular weight excluding hydrogens is 250 g/mol. The van der Waals surface area contributed by atoms with Crippen LogP contribution < -0.4 is 17.0 Å². The predicted molar refractivity (Wildman–Crippen MR) is 68.1 cm³/mol. The van der Waals surface area contributed by atoms with Gasteiger partial charge in [0.1, 0.15) is 5.82 Å². The van der Waals surface area contributed by atoms with E-state index < -0.39 is 11.2 Å². The minimum absolute atomic E-state index is 0.244. The van der Waals surface area contributed by atoms with Gasteiger partial charge in [0.05, 0.1) is 0 Å². The van der Waals surface area contributed by atoms with E-state index in [1.807, 2.05) is 0 Å². The predicted octanol–water partition coefficient (Wildman–Crippen LogP) is -1.27. The third-order valence-electron chi connectivity index (χ3n) is 2.91. The van der Waals surface area contributed by atoms with E-state index in [9.17, 15) is 9.59 Å². The number of hydrogen-bond acceptors (Lipinski definition) is 5. The summed E-state index contributed by atoms with van der Waals surface area (Å²) in [5, 5.41) is 3.98. The van der Waals surface area contributed by atoms with E-state index in [1.54, 1.807) is 19.3 Å². The second kappa shape index (κ2) is 3.57. The third-order valence-corrected chi connectivity index (χ3v) is 2.91. The lowest BCUT2D eigenvalue weighted by atomic mass is 10.5. The highest BCUT2D eigenvalue weighted by Crippen LogP contribution is 2.09. The summed E-state index contributed by atoms with van der Waals surface area (Å²) in [6.45, 7) is 0. The maximum absolute atomic E-state index is 12.0. The second-order valence-electron chi connectivity index (χ2n) is 4.15. The van der Waals surface area contributed by atoms with Gasteiger partial charge < -0.3 is 10.7 Å². The van der Waals surface area contributed by atoms with Gasteiger partial charge in [0.2, 0.25) is 5.95 Å². The Morgan fingerprint density at radius 2 is 2.00 bits per heavy atom. The molecule has 0 spiro atoms. The molecule has 9 heteroatoms. The molecule has 3 rings (SSSR count). The van der Waals surface area contributed by atoms with Crippen LogP contribution in [-0.4, -0.2) is 28.9 Å². The van der Waals surface area contributed by atoms with E-state index in [1.165, 1.54) is 16.3 Å². The maximum Gasteiger partial charge on any atom is 0.332 e. The Kier molecular flexibility index (Phi) is 2.12. The van der Waals surface area contributed by atoms with Gasteiger partial charge in [0.15, 0.2) is 11.2 Å². The van der Waals surface area contributed by atoms with Crippen molar-refractivity contribution in [3.63, 3.8) is 0 Å². The summed E-state index contributed by atoms with van der Waals surface area (Å²) in [4.78, 5) is 30.8. The molecule has 0 aromatic carbocycles. The van der Waals surface area contributed by atoms with Crippen LogP contribution in [0.2, 0.25) is 0 Å². The van der Waals surface area contributed by atoms with Crippen molar-refractivity contribution < 1.29 is 0 Å². The Labute approximate surface area is 105 Å². The van der Waals surface area contributed by atoms with Crippen molar-refractivity contribution in [2.24, 2.45) is 14.1 Å². The number of nitrogens with zero attached hydrogens (tertiary/aromatic N) is 5. The summed E-state index contributed by atoms with van der Waals surface area (Å²) >= 11 is 0.